The summed E-state index contributed by atoms with van der Waals surface area (Å²) in [6.45, 7) is 4.35. The molecule has 0 bridgehead atoms. The maximum absolute atomic E-state index is 11.7. The van der Waals surface area contributed by atoms with Crippen LogP contribution in [0.25, 0.3) is 0 Å². The topological polar surface area (TPSA) is 52.6 Å². The molecule has 0 aliphatic carbocycles. The fourth-order valence-electron chi connectivity index (χ4n) is 1.75. The van der Waals surface area contributed by atoms with E-state index in [1.54, 1.807) is 0 Å². The quantitative estimate of drug-likeness (QED) is 0.376. The fourth-order valence-corrected chi connectivity index (χ4v) is 2.64. The van der Waals surface area contributed by atoms with Gasteiger partial charge in [0.2, 0.25) is 0 Å². The third-order valence-electron chi connectivity index (χ3n) is 2.81. The lowest BCUT2D eigenvalue weighted by molar-refractivity contribution is -0.139. The van der Waals surface area contributed by atoms with Crippen molar-refractivity contribution in [3.8, 4) is 5.75 Å². The van der Waals surface area contributed by atoms with Crippen molar-refractivity contribution in [2.45, 2.75) is 26.7 Å². The highest BCUT2D eigenvalue weighted by molar-refractivity contribution is 6.40. The summed E-state index contributed by atoms with van der Waals surface area (Å²) in [6, 6.07) is 2.79. The van der Waals surface area contributed by atoms with Gasteiger partial charge in [-0.15, -0.1) is 0 Å². The van der Waals surface area contributed by atoms with Crippen molar-refractivity contribution in [2.75, 3.05) is 6.61 Å². The first-order valence-electron chi connectivity index (χ1n) is 7.04. The third-order valence-corrected chi connectivity index (χ3v) is 3.59. The summed E-state index contributed by atoms with van der Waals surface area (Å²) in [7, 11) is 0. The summed E-state index contributed by atoms with van der Waals surface area (Å²) in [5.74, 6) is -1.15. The van der Waals surface area contributed by atoms with Crippen LogP contribution in [0.1, 0.15) is 26.7 Å². The average Bonchev–Trinajstić information content (AvgIpc) is 2.47. The second-order valence-corrected chi connectivity index (χ2v) is 6.23. The van der Waals surface area contributed by atoms with Gasteiger partial charge in [-0.05, 0) is 24.5 Å². The molecule has 0 aliphatic heterocycles. The number of carbonyl (C=O) groups is 2. The summed E-state index contributed by atoms with van der Waals surface area (Å²) < 4.78 is 10.0. The SMILES string of the molecule is CCCC(C)COC(=O)/C=C/C(=O)Oc1c(Cl)cc(Cl)cc1Cl. The molecule has 0 spiro atoms. The Balaban J connectivity index is 2.55. The monoisotopic (exact) mass is 378 g/mol. The Bertz CT molecular complexity index is 576. The lowest BCUT2D eigenvalue weighted by Crippen LogP contribution is -2.11. The summed E-state index contributed by atoms with van der Waals surface area (Å²) in [4.78, 5) is 23.2. The van der Waals surface area contributed by atoms with Crippen LogP contribution in [0.3, 0.4) is 0 Å². The minimum absolute atomic E-state index is 0.0164. The fraction of sp³-hybridized carbons (Fsp3) is 0.375. The molecular formula is C16H17Cl3O4. The number of carbonyl (C=O) groups excluding carboxylic acids is 2. The number of rotatable bonds is 7. The van der Waals surface area contributed by atoms with Gasteiger partial charge >= 0.3 is 11.9 Å². The summed E-state index contributed by atoms with van der Waals surface area (Å²) >= 11 is 17.5. The predicted octanol–water partition coefficient (Wildman–Crippen LogP) is 5.09. The van der Waals surface area contributed by atoms with E-state index < -0.39 is 11.9 Å². The van der Waals surface area contributed by atoms with Crippen LogP contribution in [0.2, 0.25) is 15.1 Å². The number of ether oxygens (including phenoxy) is 2. The Kier molecular flexibility index (Phi) is 8.45. The van der Waals surface area contributed by atoms with E-state index >= 15 is 0 Å². The van der Waals surface area contributed by atoms with Crippen LogP contribution in [-0.4, -0.2) is 18.5 Å². The highest BCUT2D eigenvalue weighted by atomic mass is 35.5. The van der Waals surface area contributed by atoms with Gasteiger partial charge in [0.15, 0.2) is 5.75 Å². The van der Waals surface area contributed by atoms with Crippen molar-refractivity contribution >= 4 is 46.7 Å². The number of hydrogen-bond donors (Lipinski definition) is 0. The van der Waals surface area contributed by atoms with Crippen molar-refractivity contribution in [3.05, 3.63) is 39.4 Å². The van der Waals surface area contributed by atoms with Gasteiger partial charge in [0, 0.05) is 17.2 Å². The molecule has 0 N–H and O–H groups in total. The van der Waals surface area contributed by atoms with Crippen LogP contribution in [-0.2, 0) is 14.3 Å². The Morgan fingerprint density at radius 1 is 1.13 bits per heavy atom. The highest BCUT2D eigenvalue weighted by Gasteiger charge is 2.12. The summed E-state index contributed by atoms with van der Waals surface area (Å²) in [5, 5.41) is 0.514. The van der Waals surface area contributed by atoms with E-state index in [9.17, 15) is 9.59 Å². The van der Waals surface area contributed by atoms with Gasteiger partial charge in [-0.1, -0.05) is 55.1 Å². The smallest absolute Gasteiger partial charge is 0.336 e. The van der Waals surface area contributed by atoms with Gasteiger partial charge in [0.05, 0.1) is 16.7 Å². The Morgan fingerprint density at radius 2 is 1.70 bits per heavy atom. The number of hydrogen-bond acceptors (Lipinski definition) is 4. The zero-order valence-corrected chi connectivity index (χ0v) is 15.0. The number of esters is 2. The van der Waals surface area contributed by atoms with E-state index in [0.717, 1.165) is 25.0 Å². The van der Waals surface area contributed by atoms with Crippen LogP contribution in [0.4, 0.5) is 0 Å². The van der Waals surface area contributed by atoms with Gasteiger partial charge < -0.3 is 9.47 Å². The van der Waals surface area contributed by atoms with Crippen molar-refractivity contribution in [1.29, 1.82) is 0 Å². The van der Waals surface area contributed by atoms with E-state index in [1.165, 1.54) is 12.1 Å². The van der Waals surface area contributed by atoms with Crippen LogP contribution in [0.15, 0.2) is 24.3 Å². The largest absolute Gasteiger partial charge is 0.462 e. The molecule has 0 heterocycles. The molecule has 0 fully saturated rings. The molecule has 1 aromatic carbocycles. The zero-order chi connectivity index (χ0) is 17.4. The molecule has 4 nitrogen and oxygen atoms in total. The molecule has 1 atom stereocenters. The minimum Gasteiger partial charge on any atom is -0.462 e. The van der Waals surface area contributed by atoms with Crippen LogP contribution < -0.4 is 4.74 Å². The molecule has 0 amide bonds. The van der Waals surface area contributed by atoms with Gasteiger partial charge in [-0.25, -0.2) is 9.59 Å². The molecule has 1 aromatic rings. The molecule has 1 rings (SSSR count). The van der Waals surface area contributed by atoms with Gasteiger partial charge in [0.25, 0.3) is 0 Å². The van der Waals surface area contributed by atoms with Crippen molar-refractivity contribution in [1.82, 2.24) is 0 Å². The summed E-state index contributed by atoms with van der Waals surface area (Å²) in [5.41, 5.74) is 0. The second-order valence-electron chi connectivity index (χ2n) is 4.98. The molecule has 7 heteroatoms. The predicted molar refractivity (Wildman–Crippen MR) is 91.3 cm³/mol. The number of halogens is 3. The first-order chi connectivity index (χ1) is 10.8. The van der Waals surface area contributed by atoms with Crippen LogP contribution in [0, 0.1) is 5.92 Å². The average molecular weight is 380 g/mol. The Hall–Kier alpha value is -1.23. The first-order valence-corrected chi connectivity index (χ1v) is 8.18. The van der Waals surface area contributed by atoms with E-state index in [1.807, 2.05) is 6.92 Å². The van der Waals surface area contributed by atoms with Gasteiger partial charge in [-0.2, -0.15) is 0 Å². The molecule has 0 saturated carbocycles. The highest BCUT2D eigenvalue weighted by Crippen LogP contribution is 2.35. The van der Waals surface area contributed by atoms with Gasteiger partial charge in [0.1, 0.15) is 0 Å². The van der Waals surface area contributed by atoms with Crippen LogP contribution >= 0.6 is 34.8 Å². The Labute approximate surface area is 150 Å². The van der Waals surface area contributed by atoms with E-state index in [0.29, 0.717) is 11.6 Å². The molecule has 1 unspecified atom stereocenters. The lowest BCUT2D eigenvalue weighted by atomic mass is 10.1. The second kappa shape index (κ2) is 9.81. The maximum Gasteiger partial charge on any atom is 0.336 e. The molecule has 126 valence electrons. The molecule has 23 heavy (non-hydrogen) atoms. The molecular weight excluding hydrogens is 363 g/mol. The van der Waals surface area contributed by atoms with Gasteiger partial charge in [-0.3, -0.25) is 0 Å². The standard InChI is InChI=1S/C16H17Cl3O4/c1-3-4-10(2)9-22-14(20)5-6-15(21)23-16-12(18)7-11(17)8-13(16)19/h5-8,10H,3-4,9H2,1-2H3/b6-5+. The third kappa shape index (κ3) is 7.25. The van der Waals surface area contributed by atoms with E-state index in [4.69, 9.17) is 44.3 Å². The van der Waals surface area contributed by atoms with Crippen LogP contribution in [0.5, 0.6) is 5.75 Å². The lowest BCUT2D eigenvalue weighted by Gasteiger charge is -2.09. The first kappa shape index (κ1) is 19.8. The van der Waals surface area contributed by atoms with Crippen molar-refractivity contribution in [3.63, 3.8) is 0 Å². The molecule has 0 radical (unpaired) electrons. The molecule has 0 saturated heterocycles. The molecule has 0 aliphatic rings. The summed E-state index contributed by atoms with van der Waals surface area (Å²) in [6.07, 6.45) is 3.93. The normalized spacial score (nSPS) is 12.2. The Morgan fingerprint density at radius 3 is 2.26 bits per heavy atom. The maximum atomic E-state index is 11.7. The zero-order valence-electron chi connectivity index (χ0n) is 12.8. The van der Waals surface area contributed by atoms with E-state index in [-0.39, 0.29) is 21.7 Å². The van der Waals surface area contributed by atoms with Crippen molar-refractivity contribution < 1.29 is 19.1 Å². The van der Waals surface area contributed by atoms with Crippen molar-refractivity contribution in [2.24, 2.45) is 5.92 Å². The minimum atomic E-state index is -0.797. The van der Waals surface area contributed by atoms with E-state index in [2.05, 4.69) is 6.92 Å². The molecule has 0 aromatic heterocycles. The number of benzene rings is 1.